The fourth-order valence-corrected chi connectivity index (χ4v) is 3.62. The molecule has 0 saturated carbocycles. The summed E-state index contributed by atoms with van der Waals surface area (Å²) in [4.78, 5) is 14.5. The first kappa shape index (κ1) is 21.9. The van der Waals surface area contributed by atoms with Crippen molar-refractivity contribution in [2.75, 3.05) is 32.1 Å². The standard InChI is InChI=1S/C23H29N3O3S/c1-17(16-29-21-12-10-20(28-2)11-13-21)24-23(30)25-19-8-6-18(7-9-19)22(27)26-14-4-3-5-15-26/h6-13,17H,3-5,14-16H2,1-2H3,(H2,24,25,30). The number of hydrogen-bond donors (Lipinski definition) is 2. The number of likely N-dealkylation sites (tertiary alicyclic amines) is 1. The van der Waals surface area contributed by atoms with Crippen LogP contribution < -0.4 is 20.1 Å². The van der Waals surface area contributed by atoms with Crippen LogP contribution in [-0.4, -0.2) is 48.8 Å². The zero-order valence-electron chi connectivity index (χ0n) is 17.5. The van der Waals surface area contributed by atoms with Crippen LogP contribution in [0.2, 0.25) is 0 Å². The molecule has 0 spiro atoms. The highest BCUT2D eigenvalue weighted by atomic mass is 32.1. The van der Waals surface area contributed by atoms with Gasteiger partial charge in [0, 0.05) is 24.3 Å². The van der Waals surface area contributed by atoms with E-state index in [2.05, 4.69) is 10.6 Å². The van der Waals surface area contributed by atoms with E-state index in [0.29, 0.717) is 17.3 Å². The maximum atomic E-state index is 12.5. The molecule has 1 heterocycles. The van der Waals surface area contributed by atoms with Gasteiger partial charge in [-0.1, -0.05) is 0 Å². The maximum Gasteiger partial charge on any atom is 0.253 e. The number of thiocarbonyl (C=S) groups is 1. The molecule has 1 aliphatic rings. The molecular weight excluding hydrogens is 398 g/mol. The van der Waals surface area contributed by atoms with E-state index < -0.39 is 0 Å². The first-order valence-corrected chi connectivity index (χ1v) is 10.7. The Morgan fingerprint density at radius 1 is 1.03 bits per heavy atom. The fourth-order valence-electron chi connectivity index (χ4n) is 3.30. The SMILES string of the molecule is COc1ccc(OCC(C)NC(=S)Nc2ccc(C(=O)N3CCCCC3)cc2)cc1. The maximum absolute atomic E-state index is 12.5. The van der Waals surface area contributed by atoms with Crippen molar-refractivity contribution in [3.8, 4) is 11.5 Å². The number of carbonyl (C=O) groups excluding carboxylic acids is 1. The Balaban J connectivity index is 1.43. The van der Waals surface area contributed by atoms with Gasteiger partial charge < -0.3 is 25.0 Å². The minimum absolute atomic E-state index is 0.0204. The monoisotopic (exact) mass is 427 g/mol. The molecule has 1 atom stereocenters. The largest absolute Gasteiger partial charge is 0.497 e. The van der Waals surface area contributed by atoms with Gasteiger partial charge in [0.25, 0.3) is 5.91 Å². The highest BCUT2D eigenvalue weighted by Gasteiger charge is 2.18. The van der Waals surface area contributed by atoms with Gasteiger partial charge in [-0.3, -0.25) is 4.79 Å². The molecule has 2 aromatic carbocycles. The van der Waals surface area contributed by atoms with E-state index in [-0.39, 0.29) is 11.9 Å². The van der Waals surface area contributed by atoms with Crippen LogP contribution >= 0.6 is 12.2 Å². The number of hydrogen-bond acceptors (Lipinski definition) is 4. The fraction of sp³-hybridized carbons (Fsp3) is 0.391. The van der Waals surface area contributed by atoms with Gasteiger partial charge in [-0.05, 0) is 86.9 Å². The van der Waals surface area contributed by atoms with Crippen molar-refractivity contribution in [1.82, 2.24) is 10.2 Å². The van der Waals surface area contributed by atoms with Crippen molar-refractivity contribution >= 4 is 28.9 Å². The van der Waals surface area contributed by atoms with Crippen LogP contribution in [0.25, 0.3) is 0 Å². The van der Waals surface area contributed by atoms with E-state index >= 15 is 0 Å². The van der Waals surface area contributed by atoms with Gasteiger partial charge in [-0.25, -0.2) is 0 Å². The lowest BCUT2D eigenvalue weighted by atomic mass is 10.1. The molecule has 2 aromatic rings. The lowest BCUT2D eigenvalue weighted by Crippen LogP contribution is -2.39. The third-order valence-corrected chi connectivity index (χ3v) is 5.19. The molecule has 0 radical (unpaired) electrons. The van der Waals surface area contributed by atoms with E-state index in [0.717, 1.165) is 43.1 Å². The second kappa shape index (κ2) is 10.8. The summed E-state index contributed by atoms with van der Waals surface area (Å²) >= 11 is 5.39. The average molecular weight is 428 g/mol. The van der Waals surface area contributed by atoms with Crippen LogP contribution in [0.5, 0.6) is 11.5 Å². The Morgan fingerprint density at radius 2 is 1.67 bits per heavy atom. The molecule has 2 N–H and O–H groups in total. The first-order valence-electron chi connectivity index (χ1n) is 10.3. The number of rotatable bonds is 7. The predicted octanol–water partition coefficient (Wildman–Crippen LogP) is 4.08. The zero-order chi connectivity index (χ0) is 21.3. The Hall–Kier alpha value is -2.80. The van der Waals surface area contributed by atoms with E-state index in [9.17, 15) is 4.79 Å². The number of methoxy groups -OCH3 is 1. The van der Waals surface area contributed by atoms with Gasteiger partial charge in [0.05, 0.1) is 13.2 Å². The number of carbonyl (C=O) groups is 1. The van der Waals surface area contributed by atoms with Crippen molar-refractivity contribution < 1.29 is 14.3 Å². The molecular formula is C23H29N3O3S. The second-order valence-electron chi connectivity index (χ2n) is 7.42. The van der Waals surface area contributed by atoms with Crippen LogP contribution in [0, 0.1) is 0 Å². The molecule has 1 aliphatic heterocycles. The van der Waals surface area contributed by atoms with Gasteiger partial charge in [0.1, 0.15) is 18.1 Å². The average Bonchev–Trinajstić information content (AvgIpc) is 2.78. The molecule has 1 unspecified atom stereocenters. The molecule has 0 bridgehead atoms. The molecule has 3 rings (SSSR count). The third-order valence-electron chi connectivity index (χ3n) is 4.97. The number of nitrogens with one attached hydrogen (secondary N) is 2. The Kier molecular flexibility index (Phi) is 7.90. The van der Waals surface area contributed by atoms with Gasteiger partial charge in [-0.2, -0.15) is 0 Å². The summed E-state index contributed by atoms with van der Waals surface area (Å²) < 4.78 is 10.9. The molecule has 0 aromatic heterocycles. The Bertz CT molecular complexity index is 834. The van der Waals surface area contributed by atoms with Crippen LogP contribution in [0.15, 0.2) is 48.5 Å². The second-order valence-corrected chi connectivity index (χ2v) is 7.82. The van der Waals surface area contributed by atoms with E-state index in [1.165, 1.54) is 6.42 Å². The van der Waals surface area contributed by atoms with Crippen LogP contribution in [0.4, 0.5) is 5.69 Å². The lowest BCUT2D eigenvalue weighted by Gasteiger charge is -2.26. The molecule has 1 fully saturated rings. The number of ether oxygens (including phenoxy) is 2. The number of nitrogens with zero attached hydrogens (tertiary/aromatic N) is 1. The van der Waals surface area contributed by atoms with E-state index in [4.69, 9.17) is 21.7 Å². The minimum Gasteiger partial charge on any atom is -0.497 e. The number of piperidine rings is 1. The third kappa shape index (κ3) is 6.35. The quantitative estimate of drug-likeness (QED) is 0.650. The molecule has 160 valence electrons. The summed E-state index contributed by atoms with van der Waals surface area (Å²) in [6.07, 6.45) is 3.39. The van der Waals surface area contributed by atoms with Crippen molar-refractivity contribution in [1.29, 1.82) is 0 Å². The number of anilines is 1. The summed E-state index contributed by atoms with van der Waals surface area (Å²) in [5.74, 6) is 1.67. The minimum atomic E-state index is 0.0204. The Morgan fingerprint density at radius 3 is 2.30 bits per heavy atom. The van der Waals surface area contributed by atoms with Crippen molar-refractivity contribution in [3.63, 3.8) is 0 Å². The number of benzene rings is 2. The van der Waals surface area contributed by atoms with Gasteiger partial charge in [0.2, 0.25) is 0 Å². The molecule has 30 heavy (non-hydrogen) atoms. The van der Waals surface area contributed by atoms with Crippen molar-refractivity contribution in [2.24, 2.45) is 0 Å². The predicted molar refractivity (Wildman–Crippen MR) is 124 cm³/mol. The van der Waals surface area contributed by atoms with Gasteiger partial charge >= 0.3 is 0 Å². The van der Waals surface area contributed by atoms with E-state index in [1.807, 2.05) is 60.4 Å². The van der Waals surface area contributed by atoms with Crippen LogP contribution in [0.1, 0.15) is 36.5 Å². The van der Waals surface area contributed by atoms with Crippen molar-refractivity contribution in [3.05, 3.63) is 54.1 Å². The van der Waals surface area contributed by atoms with Crippen LogP contribution in [0.3, 0.4) is 0 Å². The normalized spacial score (nSPS) is 14.5. The molecule has 0 aliphatic carbocycles. The molecule has 6 nitrogen and oxygen atoms in total. The number of amides is 1. The molecule has 1 amide bonds. The smallest absolute Gasteiger partial charge is 0.253 e. The summed E-state index contributed by atoms with van der Waals surface area (Å²) in [7, 11) is 1.63. The van der Waals surface area contributed by atoms with Crippen LogP contribution in [-0.2, 0) is 0 Å². The summed E-state index contributed by atoms with van der Waals surface area (Å²) in [5, 5.41) is 6.87. The molecule has 7 heteroatoms. The summed E-state index contributed by atoms with van der Waals surface area (Å²) in [5.41, 5.74) is 1.55. The van der Waals surface area contributed by atoms with Gasteiger partial charge in [0.15, 0.2) is 5.11 Å². The highest BCUT2D eigenvalue weighted by Crippen LogP contribution is 2.17. The highest BCUT2D eigenvalue weighted by molar-refractivity contribution is 7.80. The lowest BCUT2D eigenvalue weighted by molar-refractivity contribution is 0.0724. The Labute approximate surface area is 183 Å². The molecule has 1 saturated heterocycles. The summed E-state index contributed by atoms with van der Waals surface area (Å²) in [6, 6.07) is 14.9. The van der Waals surface area contributed by atoms with Gasteiger partial charge in [-0.15, -0.1) is 0 Å². The summed E-state index contributed by atoms with van der Waals surface area (Å²) in [6.45, 7) is 4.17. The zero-order valence-corrected chi connectivity index (χ0v) is 18.3. The first-order chi connectivity index (χ1) is 14.5. The van der Waals surface area contributed by atoms with E-state index in [1.54, 1.807) is 7.11 Å². The van der Waals surface area contributed by atoms with Crippen molar-refractivity contribution in [2.45, 2.75) is 32.2 Å². The topological polar surface area (TPSA) is 62.8 Å².